The van der Waals surface area contributed by atoms with E-state index in [1.807, 2.05) is 25.9 Å². The molecule has 0 N–H and O–H groups in total. The number of hydrogen-bond donors (Lipinski definition) is 0. The van der Waals surface area contributed by atoms with Gasteiger partial charge in [0.15, 0.2) is 5.60 Å². The van der Waals surface area contributed by atoms with Crippen LogP contribution in [-0.4, -0.2) is 42.7 Å². The summed E-state index contributed by atoms with van der Waals surface area (Å²) < 4.78 is 12.2. The lowest BCUT2D eigenvalue weighted by molar-refractivity contribution is -0.151. The van der Waals surface area contributed by atoms with Crippen LogP contribution in [-0.2, 0) is 9.53 Å². The van der Waals surface area contributed by atoms with Gasteiger partial charge in [-0.1, -0.05) is 32.4 Å². The van der Waals surface area contributed by atoms with Gasteiger partial charge >= 0.3 is 0 Å². The highest BCUT2D eigenvalue weighted by Crippen LogP contribution is 2.46. The zero-order chi connectivity index (χ0) is 20.5. The van der Waals surface area contributed by atoms with Crippen molar-refractivity contribution in [1.29, 1.82) is 0 Å². The first kappa shape index (κ1) is 21.2. The van der Waals surface area contributed by atoms with E-state index in [0.717, 1.165) is 55.6 Å². The number of hydrogen-bond acceptors (Lipinski definition) is 3. The normalized spacial score (nSPS) is 25.5. The summed E-state index contributed by atoms with van der Waals surface area (Å²) in [6, 6.07) is 6.28. The largest absolute Gasteiger partial charge is 0.478 e. The third-order valence-electron chi connectivity index (χ3n) is 6.68. The van der Waals surface area contributed by atoms with Crippen LogP contribution in [0.2, 0.25) is 0 Å². The number of methoxy groups -OCH3 is 1. The summed E-state index contributed by atoms with van der Waals surface area (Å²) in [6.45, 7) is 11.8. The van der Waals surface area contributed by atoms with Gasteiger partial charge in [-0.15, -0.1) is 0 Å². The maximum atomic E-state index is 13.5. The molecule has 2 aliphatic rings. The van der Waals surface area contributed by atoms with Crippen LogP contribution in [0.1, 0.15) is 76.8 Å². The Morgan fingerprint density at radius 1 is 1.25 bits per heavy atom. The van der Waals surface area contributed by atoms with E-state index in [9.17, 15) is 4.79 Å². The molecule has 1 spiro atoms. The Hall–Kier alpha value is -1.55. The first-order valence-corrected chi connectivity index (χ1v) is 10.8. The second-order valence-electron chi connectivity index (χ2n) is 9.62. The number of aryl methyl sites for hydroxylation is 1. The Balaban J connectivity index is 1.79. The van der Waals surface area contributed by atoms with Gasteiger partial charge in [-0.3, -0.25) is 4.79 Å². The molecule has 0 radical (unpaired) electrons. The molecule has 2 atom stereocenters. The lowest BCUT2D eigenvalue weighted by Crippen LogP contribution is -2.56. The van der Waals surface area contributed by atoms with Crippen molar-refractivity contribution in [2.24, 2.45) is 5.41 Å². The molecule has 1 heterocycles. The van der Waals surface area contributed by atoms with Crippen LogP contribution in [0.4, 0.5) is 0 Å². The topological polar surface area (TPSA) is 38.8 Å². The third-order valence-corrected chi connectivity index (χ3v) is 6.68. The molecule has 1 saturated carbocycles. The quantitative estimate of drug-likeness (QED) is 0.707. The Morgan fingerprint density at radius 2 is 1.96 bits per heavy atom. The molecular weight excluding hydrogens is 350 g/mol. The summed E-state index contributed by atoms with van der Waals surface area (Å²) in [6.07, 6.45) is 5.94. The fraction of sp³-hybridized carbons (Fsp3) is 0.708. The van der Waals surface area contributed by atoms with Gasteiger partial charge in [0.25, 0.3) is 5.91 Å². The molecule has 1 aliphatic heterocycles. The second kappa shape index (κ2) is 8.06. The van der Waals surface area contributed by atoms with Crippen molar-refractivity contribution in [3.63, 3.8) is 0 Å². The Labute approximate surface area is 170 Å². The van der Waals surface area contributed by atoms with Gasteiger partial charge in [-0.25, -0.2) is 0 Å². The first-order chi connectivity index (χ1) is 13.2. The molecule has 0 aromatic heterocycles. The van der Waals surface area contributed by atoms with Crippen LogP contribution in [0.15, 0.2) is 18.2 Å². The molecule has 1 aromatic carbocycles. The van der Waals surface area contributed by atoms with E-state index in [2.05, 4.69) is 39.0 Å². The lowest BCUT2D eigenvalue weighted by atomic mass is 9.76. The predicted molar refractivity (Wildman–Crippen MR) is 113 cm³/mol. The van der Waals surface area contributed by atoms with Gasteiger partial charge in [0, 0.05) is 25.6 Å². The summed E-state index contributed by atoms with van der Waals surface area (Å²) in [5.74, 6) is 1.26. The van der Waals surface area contributed by atoms with E-state index in [1.54, 1.807) is 0 Å². The number of likely N-dealkylation sites (tertiary alicyclic amines) is 1. The van der Waals surface area contributed by atoms with Crippen LogP contribution in [0, 0.1) is 12.3 Å². The molecule has 1 saturated heterocycles. The zero-order valence-electron chi connectivity index (χ0n) is 18.5. The van der Waals surface area contributed by atoms with E-state index >= 15 is 0 Å². The first-order valence-electron chi connectivity index (χ1n) is 10.8. The highest BCUT2D eigenvalue weighted by molar-refractivity contribution is 5.85. The molecule has 0 unspecified atom stereocenters. The molecular formula is C24H37NO3. The van der Waals surface area contributed by atoms with E-state index in [-0.39, 0.29) is 17.4 Å². The van der Waals surface area contributed by atoms with Crippen LogP contribution in [0.5, 0.6) is 5.75 Å². The maximum Gasteiger partial charge on any atom is 0.266 e. The predicted octanol–water partition coefficient (Wildman–Crippen LogP) is 5.08. The van der Waals surface area contributed by atoms with Crippen LogP contribution < -0.4 is 4.74 Å². The molecule has 4 nitrogen and oxygen atoms in total. The van der Waals surface area contributed by atoms with Crippen LogP contribution in [0.3, 0.4) is 0 Å². The van der Waals surface area contributed by atoms with Crippen molar-refractivity contribution in [3.8, 4) is 5.75 Å². The van der Waals surface area contributed by atoms with Crippen molar-refractivity contribution in [2.75, 3.05) is 20.2 Å². The number of rotatable bonds is 5. The van der Waals surface area contributed by atoms with Gasteiger partial charge in [0.1, 0.15) is 5.75 Å². The number of ether oxygens (including phenoxy) is 2. The minimum atomic E-state index is -0.892. The molecule has 0 bridgehead atoms. The smallest absolute Gasteiger partial charge is 0.266 e. The van der Waals surface area contributed by atoms with Crippen LogP contribution in [0.25, 0.3) is 0 Å². The maximum absolute atomic E-state index is 13.5. The van der Waals surface area contributed by atoms with Crippen LogP contribution >= 0.6 is 0 Å². The number of nitrogens with zero attached hydrogens (tertiary/aromatic N) is 1. The summed E-state index contributed by atoms with van der Waals surface area (Å²) in [5, 5.41) is 0. The number of amides is 1. The standard InChI is InChI=1S/C24H37NO3/c1-17(2)19-11-10-18(3)15-20(19)28-23(4,5)22(26)25-14-8-13-24(16-25)12-7-9-21(24)27-6/h10-11,15,17,21H,7-9,12-14,16H2,1-6H3/t21-,24-/m1/s1. The van der Waals surface area contributed by atoms with Gasteiger partial charge in [-0.05, 0) is 69.6 Å². The number of carbonyl (C=O) groups excluding carboxylic acids is 1. The molecule has 3 rings (SSSR count). The molecule has 1 aromatic rings. The van der Waals surface area contributed by atoms with Crippen molar-refractivity contribution in [2.45, 2.75) is 84.3 Å². The van der Waals surface area contributed by atoms with E-state index in [4.69, 9.17) is 9.47 Å². The van der Waals surface area contributed by atoms with Crippen molar-refractivity contribution in [3.05, 3.63) is 29.3 Å². The summed E-state index contributed by atoms with van der Waals surface area (Å²) in [4.78, 5) is 15.5. The second-order valence-corrected chi connectivity index (χ2v) is 9.62. The van der Waals surface area contributed by atoms with Gasteiger partial charge in [-0.2, -0.15) is 0 Å². The van der Waals surface area contributed by atoms with Gasteiger partial charge < -0.3 is 14.4 Å². The average molecular weight is 388 g/mol. The minimum Gasteiger partial charge on any atom is -0.478 e. The summed E-state index contributed by atoms with van der Waals surface area (Å²) in [5.41, 5.74) is 1.53. The number of piperidine rings is 1. The van der Waals surface area contributed by atoms with E-state index < -0.39 is 5.60 Å². The third kappa shape index (κ3) is 4.07. The molecule has 4 heteroatoms. The SMILES string of the molecule is CO[C@@H]1CCC[C@]12CCCN(C(=O)C(C)(C)Oc1cc(C)ccc1C(C)C)C2. The van der Waals surface area contributed by atoms with Crippen molar-refractivity contribution in [1.82, 2.24) is 4.90 Å². The Kier molecular flexibility index (Phi) is 6.09. The molecule has 1 amide bonds. The summed E-state index contributed by atoms with van der Waals surface area (Å²) >= 11 is 0. The van der Waals surface area contributed by atoms with Gasteiger partial charge in [0.05, 0.1) is 6.10 Å². The number of benzene rings is 1. The fourth-order valence-electron chi connectivity index (χ4n) is 5.18. The van der Waals surface area contributed by atoms with E-state index in [0.29, 0.717) is 5.92 Å². The highest BCUT2D eigenvalue weighted by Gasteiger charge is 2.48. The molecule has 1 aliphatic carbocycles. The van der Waals surface area contributed by atoms with Crippen molar-refractivity contribution < 1.29 is 14.3 Å². The fourth-order valence-corrected chi connectivity index (χ4v) is 5.18. The summed E-state index contributed by atoms with van der Waals surface area (Å²) in [7, 11) is 1.82. The van der Waals surface area contributed by atoms with Crippen molar-refractivity contribution >= 4 is 5.91 Å². The Morgan fingerprint density at radius 3 is 2.64 bits per heavy atom. The van der Waals surface area contributed by atoms with Gasteiger partial charge in [0.2, 0.25) is 0 Å². The molecule has 156 valence electrons. The molecule has 28 heavy (non-hydrogen) atoms. The average Bonchev–Trinajstić information content (AvgIpc) is 3.02. The minimum absolute atomic E-state index is 0.0875. The molecule has 2 fully saturated rings. The zero-order valence-corrected chi connectivity index (χ0v) is 18.5. The van der Waals surface area contributed by atoms with E-state index in [1.165, 1.54) is 6.42 Å². The monoisotopic (exact) mass is 387 g/mol. The Bertz CT molecular complexity index is 712. The lowest BCUT2D eigenvalue weighted by Gasteiger charge is -2.45. The number of carbonyl (C=O) groups is 1. The highest BCUT2D eigenvalue weighted by atomic mass is 16.5.